The monoisotopic (exact) mass is 409 g/mol. The number of hydrogen-bond acceptors (Lipinski definition) is 6. The highest BCUT2D eigenvalue weighted by Crippen LogP contribution is 2.31. The largest absolute Gasteiger partial charge is 0.385 e. The summed E-state index contributed by atoms with van der Waals surface area (Å²) in [4.78, 5) is 22.8. The van der Waals surface area contributed by atoms with Crippen LogP contribution in [0.5, 0.6) is 0 Å². The molecule has 0 spiro atoms. The van der Waals surface area contributed by atoms with Gasteiger partial charge in [0.1, 0.15) is 11.3 Å². The third-order valence-corrected chi connectivity index (χ3v) is 5.79. The molecule has 1 aliphatic carbocycles. The number of nitroso groups, excluding NO2 is 1. The highest BCUT2D eigenvalue weighted by Gasteiger charge is 2.39. The zero-order chi connectivity index (χ0) is 21.2. The molecule has 0 atom stereocenters. The maximum atomic E-state index is 10.6. The van der Waals surface area contributed by atoms with Crippen molar-refractivity contribution in [3.8, 4) is 0 Å². The topological polar surface area (TPSA) is 82.0 Å². The van der Waals surface area contributed by atoms with E-state index < -0.39 is 5.60 Å². The predicted molar refractivity (Wildman–Crippen MR) is 120 cm³/mol. The molecule has 0 radical (unpaired) electrons. The molecule has 1 saturated carbocycles. The fraction of sp³-hybridized carbons (Fsp3) is 0.458. The quantitative estimate of drug-likeness (QED) is 0.505. The number of carbonyl (C=O) groups is 1. The molecule has 1 saturated heterocycles. The Morgan fingerprint density at radius 1 is 1.10 bits per heavy atom. The van der Waals surface area contributed by atoms with Crippen LogP contribution in [0, 0.1) is 10.8 Å². The van der Waals surface area contributed by atoms with E-state index in [4.69, 9.17) is 5.11 Å². The number of aldehydes is 1. The van der Waals surface area contributed by atoms with Gasteiger partial charge in [-0.3, -0.25) is 0 Å². The molecule has 2 aliphatic rings. The van der Waals surface area contributed by atoms with E-state index in [9.17, 15) is 9.70 Å². The van der Waals surface area contributed by atoms with Gasteiger partial charge in [-0.15, -0.1) is 4.91 Å². The minimum Gasteiger partial charge on any atom is -0.385 e. The second-order valence-electron chi connectivity index (χ2n) is 8.26. The number of para-hydroxylation sites is 1. The minimum atomic E-state index is -0.889. The van der Waals surface area contributed by atoms with Gasteiger partial charge in [-0.25, -0.2) is 0 Å². The summed E-state index contributed by atoms with van der Waals surface area (Å²) in [5.74, 6) is 0.754. The van der Waals surface area contributed by atoms with Gasteiger partial charge in [0.2, 0.25) is 0 Å². The third-order valence-electron chi connectivity index (χ3n) is 5.79. The summed E-state index contributed by atoms with van der Waals surface area (Å²) in [7, 11) is 0. The maximum Gasteiger partial charge on any atom is 0.151 e. The standard InChI is InChI=1S/C20H25N3O.C4H6O2/c24-22-20-8-4-5-17(15-20)9-12-23-13-10-18(11-14-23)16-21-19-6-2-1-3-7-19;5-3-4(6)1-2-4/h1-8,15,18,21H,9-14,16H2;3,6H,1-2H2. The molecule has 0 amide bonds. The molecule has 2 aromatic rings. The first-order valence-electron chi connectivity index (χ1n) is 10.7. The van der Waals surface area contributed by atoms with E-state index in [-0.39, 0.29) is 0 Å². The van der Waals surface area contributed by atoms with Gasteiger partial charge in [-0.05, 0) is 86.1 Å². The van der Waals surface area contributed by atoms with Gasteiger partial charge in [0.05, 0.1) is 0 Å². The van der Waals surface area contributed by atoms with Crippen LogP contribution in [0.3, 0.4) is 0 Å². The minimum absolute atomic E-state index is 0.526. The summed E-state index contributed by atoms with van der Waals surface area (Å²) < 4.78 is 0. The van der Waals surface area contributed by atoms with Crippen LogP contribution in [0.4, 0.5) is 11.4 Å². The van der Waals surface area contributed by atoms with Crippen LogP contribution < -0.4 is 5.32 Å². The van der Waals surface area contributed by atoms with Crippen LogP contribution in [0.15, 0.2) is 59.8 Å². The van der Waals surface area contributed by atoms with Gasteiger partial charge in [0.15, 0.2) is 6.29 Å². The Morgan fingerprint density at radius 2 is 1.83 bits per heavy atom. The number of anilines is 1. The van der Waals surface area contributed by atoms with E-state index in [0.717, 1.165) is 38.5 Å². The summed E-state index contributed by atoms with van der Waals surface area (Å²) in [5.41, 5.74) is 2.04. The predicted octanol–water partition coefficient (Wildman–Crippen LogP) is 4.16. The van der Waals surface area contributed by atoms with Crippen molar-refractivity contribution in [3.63, 3.8) is 0 Å². The normalized spacial score (nSPS) is 18.0. The summed E-state index contributed by atoms with van der Waals surface area (Å²) in [6, 6.07) is 18.1. The first-order valence-corrected chi connectivity index (χ1v) is 10.7. The molecule has 2 fully saturated rings. The number of likely N-dealkylation sites (tertiary alicyclic amines) is 1. The zero-order valence-corrected chi connectivity index (χ0v) is 17.4. The summed E-state index contributed by atoms with van der Waals surface area (Å²) in [6.07, 6.45) is 5.40. The number of rotatable bonds is 8. The lowest BCUT2D eigenvalue weighted by Gasteiger charge is -2.32. The molecule has 160 valence electrons. The van der Waals surface area contributed by atoms with Gasteiger partial charge < -0.3 is 20.1 Å². The van der Waals surface area contributed by atoms with E-state index in [1.54, 1.807) is 6.07 Å². The molecule has 4 rings (SSSR count). The number of piperidine rings is 1. The van der Waals surface area contributed by atoms with E-state index in [1.807, 2.05) is 18.2 Å². The number of aliphatic hydroxyl groups is 1. The van der Waals surface area contributed by atoms with Gasteiger partial charge in [-0.2, -0.15) is 0 Å². The molecule has 6 heteroatoms. The van der Waals surface area contributed by atoms with Crippen molar-refractivity contribution in [2.75, 3.05) is 31.5 Å². The molecular weight excluding hydrogens is 378 g/mol. The number of carbonyl (C=O) groups excluding carboxylic acids is 1. The van der Waals surface area contributed by atoms with Crippen LogP contribution in [0.2, 0.25) is 0 Å². The number of benzene rings is 2. The smallest absolute Gasteiger partial charge is 0.151 e. The second-order valence-corrected chi connectivity index (χ2v) is 8.26. The Labute approximate surface area is 178 Å². The Morgan fingerprint density at radius 3 is 2.43 bits per heavy atom. The lowest BCUT2D eigenvalue weighted by atomic mass is 9.96. The SMILES string of the molecule is O=CC1(O)CC1.O=Nc1cccc(CCN2CCC(CNc3ccccc3)CC2)c1. The van der Waals surface area contributed by atoms with Crippen LogP contribution in [-0.4, -0.2) is 48.1 Å². The van der Waals surface area contributed by atoms with E-state index in [2.05, 4.69) is 45.7 Å². The molecular formula is C24H31N3O3. The van der Waals surface area contributed by atoms with Crippen molar-refractivity contribution in [3.05, 3.63) is 65.1 Å². The third kappa shape index (κ3) is 7.35. The van der Waals surface area contributed by atoms with E-state index in [0.29, 0.717) is 24.8 Å². The fourth-order valence-corrected chi connectivity index (χ4v) is 3.53. The molecule has 6 nitrogen and oxygen atoms in total. The molecule has 1 heterocycles. The van der Waals surface area contributed by atoms with Crippen molar-refractivity contribution in [2.45, 2.75) is 37.7 Å². The van der Waals surface area contributed by atoms with Crippen LogP contribution in [0.1, 0.15) is 31.2 Å². The van der Waals surface area contributed by atoms with Crippen LogP contribution >= 0.6 is 0 Å². The highest BCUT2D eigenvalue weighted by molar-refractivity contribution is 5.66. The van der Waals surface area contributed by atoms with Gasteiger partial charge in [-0.1, -0.05) is 30.3 Å². The average molecular weight is 410 g/mol. The molecule has 2 aromatic carbocycles. The van der Waals surface area contributed by atoms with E-state index >= 15 is 0 Å². The zero-order valence-electron chi connectivity index (χ0n) is 17.4. The summed E-state index contributed by atoms with van der Waals surface area (Å²) in [6.45, 7) is 4.44. The average Bonchev–Trinajstić information content (AvgIpc) is 3.56. The molecule has 0 unspecified atom stereocenters. The van der Waals surface area contributed by atoms with Gasteiger partial charge >= 0.3 is 0 Å². The highest BCUT2D eigenvalue weighted by atomic mass is 16.3. The molecule has 30 heavy (non-hydrogen) atoms. The Balaban J connectivity index is 0.000000367. The molecule has 1 aliphatic heterocycles. The second kappa shape index (κ2) is 11.0. The van der Waals surface area contributed by atoms with Crippen molar-refractivity contribution >= 4 is 17.7 Å². The summed E-state index contributed by atoms with van der Waals surface area (Å²) >= 11 is 0. The van der Waals surface area contributed by atoms with Crippen molar-refractivity contribution in [2.24, 2.45) is 11.1 Å². The lowest BCUT2D eigenvalue weighted by molar-refractivity contribution is -0.116. The van der Waals surface area contributed by atoms with Crippen LogP contribution in [0.25, 0.3) is 0 Å². The first kappa shape index (κ1) is 22.1. The maximum absolute atomic E-state index is 10.6. The van der Waals surface area contributed by atoms with Crippen LogP contribution in [-0.2, 0) is 11.2 Å². The Kier molecular flexibility index (Phi) is 8.11. The first-order chi connectivity index (χ1) is 14.6. The number of nitrogens with one attached hydrogen (secondary N) is 1. The van der Waals surface area contributed by atoms with E-state index in [1.165, 1.54) is 24.1 Å². The molecule has 0 aromatic heterocycles. The van der Waals surface area contributed by atoms with Gasteiger partial charge in [0, 0.05) is 18.8 Å². The summed E-state index contributed by atoms with van der Waals surface area (Å²) in [5, 5.41) is 15.1. The van der Waals surface area contributed by atoms with Gasteiger partial charge in [0.25, 0.3) is 0 Å². The Hall–Kier alpha value is -2.57. The van der Waals surface area contributed by atoms with Crippen molar-refractivity contribution in [1.82, 2.24) is 4.90 Å². The molecule has 0 bridgehead atoms. The lowest BCUT2D eigenvalue weighted by Crippen LogP contribution is -2.37. The van der Waals surface area contributed by atoms with Crippen molar-refractivity contribution < 1.29 is 9.90 Å². The Bertz CT molecular complexity index is 800. The molecule has 2 N–H and O–H groups in total. The number of hydrogen-bond donors (Lipinski definition) is 2. The number of nitrogens with zero attached hydrogens (tertiary/aromatic N) is 2. The van der Waals surface area contributed by atoms with Crippen molar-refractivity contribution in [1.29, 1.82) is 0 Å². The fourth-order valence-electron chi connectivity index (χ4n) is 3.53.